The Morgan fingerprint density at radius 3 is 2.06 bits per heavy atom. The second-order valence-corrected chi connectivity index (χ2v) is 6.11. The Hall–Kier alpha value is -1.35. The highest BCUT2D eigenvalue weighted by Crippen LogP contribution is 2.20. The predicted molar refractivity (Wildman–Crippen MR) is 76.6 cm³/mol. The molecule has 0 bridgehead atoms. The van der Waals surface area contributed by atoms with Crippen molar-refractivity contribution in [1.82, 2.24) is 0 Å². The second kappa shape index (κ2) is 5.53. The van der Waals surface area contributed by atoms with Gasteiger partial charge in [-0.25, -0.2) is 0 Å². The molecule has 100 valence electrons. The van der Waals surface area contributed by atoms with Gasteiger partial charge in [0.05, 0.1) is 6.04 Å². The Morgan fingerprint density at radius 2 is 1.67 bits per heavy atom. The van der Waals surface area contributed by atoms with Crippen LogP contribution in [0.3, 0.4) is 0 Å². The van der Waals surface area contributed by atoms with E-state index in [9.17, 15) is 4.79 Å². The van der Waals surface area contributed by atoms with Crippen LogP contribution >= 0.6 is 0 Å². The van der Waals surface area contributed by atoms with E-state index in [2.05, 4.69) is 19.2 Å². The van der Waals surface area contributed by atoms with Crippen LogP contribution in [0.5, 0.6) is 0 Å². The summed E-state index contributed by atoms with van der Waals surface area (Å²) in [7, 11) is 0. The number of nitrogens with one attached hydrogen (secondary N) is 1. The summed E-state index contributed by atoms with van der Waals surface area (Å²) in [5, 5.41) is 2.85. The van der Waals surface area contributed by atoms with Crippen molar-refractivity contribution in [2.45, 2.75) is 46.6 Å². The number of carbonyl (C=O) groups excluding carboxylic acids is 1. The first-order valence-corrected chi connectivity index (χ1v) is 6.38. The van der Waals surface area contributed by atoms with Crippen LogP contribution in [0.4, 0.5) is 5.69 Å². The minimum atomic E-state index is -0.512. The van der Waals surface area contributed by atoms with Crippen LogP contribution < -0.4 is 11.1 Å². The average Bonchev–Trinajstić information content (AvgIpc) is 2.27. The van der Waals surface area contributed by atoms with Crippen LogP contribution in [0.15, 0.2) is 24.3 Å². The number of nitrogens with two attached hydrogens (primary N) is 1. The van der Waals surface area contributed by atoms with Crippen molar-refractivity contribution in [2.75, 3.05) is 5.32 Å². The van der Waals surface area contributed by atoms with Gasteiger partial charge in [0.15, 0.2) is 0 Å². The van der Waals surface area contributed by atoms with E-state index < -0.39 is 6.04 Å². The first-order chi connectivity index (χ1) is 8.21. The molecule has 0 saturated heterocycles. The van der Waals surface area contributed by atoms with Crippen LogP contribution in [0.2, 0.25) is 0 Å². The van der Waals surface area contributed by atoms with Crippen molar-refractivity contribution in [1.29, 1.82) is 0 Å². The van der Waals surface area contributed by atoms with E-state index in [4.69, 9.17) is 5.73 Å². The van der Waals surface area contributed by atoms with Gasteiger partial charge in [-0.2, -0.15) is 0 Å². The van der Waals surface area contributed by atoms with Gasteiger partial charge in [0.25, 0.3) is 0 Å². The van der Waals surface area contributed by atoms with Gasteiger partial charge in [-0.05, 0) is 29.0 Å². The van der Waals surface area contributed by atoms with E-state index in [-0.39, 0.29) is 11.3 Å². The number of amides is 1. The number of hydrogen-bond acceptors (Lipinski definition) is 2. The quantitative estimate of drug-likeness (QED) is 0.863. The molecule has 0 aliphatic rings. The summed E-state index contributed by atoms with van der Waals surface area (Å²) in [6, 6.07) is 7.39. The summed E-state index contributed by atoms with van der Waals surface area (Å²) >= 11 is 0. The molecule has 1 amide bonds. The van der Waals surface area contributed by atoms with Crippen molar-refractivity contribution in [3.05, 3.63) is 29.8 Å². The van der Waals surface area contributed by atoms with Crippen molar-refractivity contribution >= 4 is 11.6 Å². The molecule has 18 heavy (non-hydrogen) atoms. The van der Waals surface area contributed by atoms with Gasteiger partial charge < -0.3 is 11.1 Å². The average molecular weight is 248 g/mol. The van der Waals surface area contributed by atoms with Crippen molar-refractivity contribution < 1.29 is 4.79 Å². The lowest BCUT2D eigenvalue weighted by Crippen LogP contribution is -2.45. The Labute approximate surface area is 110 Å². The van der Waals surface area contributed by atoms with Crippen molar-refractivity contribution in [3.63, 3.8) is 0 Å². The summed E-state index contributed by atoms with van der Waals surface area (Å²) in [5.74, 6) is 0.353. The Bertz CT molecular complexity index is 401. The Morgan fingerprint density at radius 1 is 1.17 bits per heavy atom. The number of rotatable bonds is 3. The molecule has 3 nitrogen and oxygen atoms in total. The summed E-state index contributed by atoms with van der Waals surface area (Å²) in [5.41, 5.74) is 7.73. The molecule has 1 atom stereocenters. The van der Waals surface area contributed by atoms with E-state index in [0.717, 1.165) is 5.69 Å². The summed E-state index contributed by atoms with van der Waals surface area (Å²) in [6.45, 7) is 10.2. The summed E-state index contributed by atoms with van der Waals surface area (Å²) in [4.78, 5) is 11.9. The zero-order valence-corrected chi connectivity index (χ0v) is 11.9. The molecular weight excluding hydrogens is 224 g/mol. The molecule has 0 aliphatic carbocycles. The lowest BCUT2D eigenvalue weighted by molar-refractivity contribution is -0.119. The topological polar surface area (TPSA) is 55.1 Å². The third-order valence-electron chi connectivity index (χ3n) is 3.06. The maximum Gasteiger partial charge on any atom is 0.241 e. The summed E-state index contributed by atoms with van der Waals surface area (Å²) in [6.07, 6.45) is 0. The Balaban J connectivity index is 2.71. The highest BCUT2D eigenvalue weighted by Gasteiger charge is 2.27. The zero-order chi connectivity index (χ0) is 13.9. The first kappa shape index (κ1) is 14.7. The van der Waals surface area contributed by atoms with Gasteiger partial charge in [0.1, 0.15) is 0 Å². The molecule has 0 spiro atoms. The fourth-order valence-corrected chi connectivity index (χ4v) is 1.56. The molecule has 1 aromatic carbocycles. The molecule has 3 N–H and O–H groups in total. The molecule has 1 aromatic rings. The smallest absolute Gasteiger partial charge is 0.241 e. The van der Waals surface area contributed by atoms with E-state index in [1.807, 2.05) is 45.0 Å². The molecular formula is C15H24N2O. The van der Waals surface area contributed by atoms with Gasteiger partial charge in [0.2, 0.25) is 5.91 Å². The van der Waals surface area contributed by atoms with E-state index >= 15 is 0 Å². The molecule has 0 radical (unpaired) electrons. The fourth-order valence-electron chi connectivity index (χ4n) is 1.56. The monoisotopic (exact) mass is 248 g/mol. The fraction of sp³-hybridized carbons (Fsp3) is 0.533. The van der Waals surface area contributed by atoms with Gasteiger partial charge in [-0.1, -0.05) is 46.8 Å². The normalized spacial score (nSPS) is 13.5. The minimum Gasteiger partial charge on any atom is -0.325 e. The van der Waals surface area contributed by atoms with E-state index in [1.165, 1.54) is 5.56 Å². The largest absolute Gasteiger partial charge is 0.325 e. The minimum absolute atomic E-state index is 0.139. The lowest BCUT2D eigenvalue weighted by atomic mass is 9.87. The molecule has 0 aliphatic heterocycles. The maximum atomic E-state index is 11.9. The lowest BCUT2D eigenvalue weighted by Gasteiger charge is -2.25. The molecule has 0 aromatic heterocycles. The Kier molecular flexibility index (Phi) is 4.52. The van der Waals surface area contributed by atoms with Crippen molar-refractivity contribution in [2.24, 2.45) is 11.1 Å². The van der Waals surface area contributed by atoms with Crippen LogP contribution in [0.1, 0.15) is 46.1 Å². The standard InChI is InChI=1S/C15H24N2O/c1-10(2)11-6-8-12(9-7-11)17-14(18)13(16)15(3,4)5/h6-10,13H,16H2,1-5H3,(H,17,18). The predicted octanol–water partition coefficient (Wildman–Crippen LogP) is 3.12. The SMILES string of the molecule is CC(C)c1ccc(NC(=O)C(N)C(C)(C)C)cc1. The third kappa shape index (κ3) is 3.84. The molecule has 1 unspecified atom stereocenters. The molecule has 0 fully saturated rings. The van der Waals surface area contributed by atoms with Gasteiger partial charge >= 0.3 is 0 Å². The highest BCUT2D eigenvalue weighted by atomic mass is 16.2. The van der Waals surface area contributed by atoms with Crippen LogP contribution in [0.25, 0.3) is 0 Å². The number of hydrogen-bond donors (Lipinski definition) is 2. The first-order valence-electron chi connectivity index (χ1n) is 6.38. The molecule has 3 heteroatoms. The maximum absolute atomic E-state index is 11.9. The van der Waals surface area contributed by atoms with Gasteiger partial charge in [-0.3, -0.25) is 4.79 Å². The molecule has 1 rings (SSSR count). The highest BCUT2D eigenvalue weighted by molar-refractivity contribution is 5.95. The second-order valence-electron chi connectivity index (χ2n) is 6.11. The summed E-state index contributed by atoms with van der Waals surface area (Å²) < 4.78 is 0. The third-order valence-corrected chi connectivity index (χ3v) is 3.06. The van der Waals surface area contributed by atoms with Crippen LogP contribution in [0, 0.1) is 5.41 Å². The number of anilines is 1. The van der Waals surface area contributed by atoms with Crippen molar-refractivity contribution in [3.8, 4) is 0 Å². The van der Waals surface area contributed by atoms with Gasteiger partial charge in [0, 0.05) is 5.69 Å². The number of benzene rings is 1. The van der Waals surface area contributed by atoms with E-state index in [1.54, 1.807) is 0 Å². The molecule has 0 saturated carbocycles. The molecule has 0 heterocycles. The van der Waals surface area contributed by atoms with Crippen LogP contribution in [-0.4, -0.2) is 11.9 Å². The van der Waals surface area contributed by atoms with Crippen LogP contribution in [-0.2, 0) is 4.79 Å². The van der Waals surface area contributed by atoms with E-state index in [0.29, 0.717) is 5.92 Å². The zero-order valence-electron chi connectivity index (χ0n) is 11.9. The number of carbonyl (C=O) groups is 1. The van der Waals surface area contributed by atoms with Gasteiger partial charge in [-0.15, -0.1) is 0 Å².